The molecule has 0 saturated carbocycles. The van der Waals surface area contributed by atoms with Gasteiger partial charge in [0.25, 0.3) is 5.91 Å². The third kappa shape index (κ3) is 4.37. The number of hydrogen-bond donors (Lipinski definition) is 2. The number of aryl methyl sites for hydroxylation is 1. The number of carbonyl (C=O) groups is 2. The predicted molar refractivity (Wildman–Crippen MR) is 118 cm³/mol. The van der Waals surface area contributed by atoms with Gasteiger partial charge in [0.05, 0.1) is 12.7 Å². The van der Waals surface area contributed by atoms with Crippen LogP contribution in [0.3, 0.4) is 0 Å². The second-order valence-electron chi connectivity index (χ2n) is 7.57. The Morgan fingerprint density at radius 3 is 2.44 bits per heavy atom. The molecule has 0 radical (unpaired) electrons. The molecule has 7 heteroatoms. The van der Waals surface area contributed by atoms with E-state index >= 15 is 0 Å². The summed E-state index contributed by atoms with van der Waals surface area (Å²) in [7, 11) is 1.58. The number of hydrogen-bond acceptors (Lipinski definition) is 3. The monoisotopic (exact) mass is 432 g/mol. The van der Waals surface area contributed by atoms with Crippen LogP contribution in [-0.2, 0) is 4.79 Å². The summed E-state index contributed by atoms with van der Waals surface area (Å²) in [5.74, 6) is -0.586. The van der Waals surface area contributed by atoms with E-state index < -0.39 is 23.8 Å². The molecule has 2 amide bonds. The van der Waals surface area contributed by atoms with Gasteiger partial charge in [-0.3, -0.25) is 9.59 Å². The molecule has 2 N–H and O–H groups in total. The number of carbonyl (C=O) groups excluding carboxylic acids is 2. The van der Waals surface area contributed by atoms with Crippen LogP contribution in [0.2, 0.25) is 0 Å². The molecule has 6 nitrogen and oxygen atoms in total. The second kappa shape index (κ2) is 9.01. The topological polar surface area (TPSA) is 70.4 Å². The summed E-state index contributed by atoms with van der Waals surface area (Å²) in [5.41, 5.74) is 5.82. The number of benzene rings is 3. The van der Waals surface area contributed by atoms with E-state index in [9.17, 15) is 14.0 Å². The van der Waals surface area contributed by atoms with Crippen molar-refractivity contribution in [3.05, 3.63) is 101 Å². The molecule has 3 aromatic rings. The van der Waals surface area contributed by atoms with Crippen molar-refractivity contribution < 1.29 is 23.4 Å². The molecule has 1 saturated heterocycles. The Morgan fingerprint density at radius 2 is 1.75 bits per heavy atom. The first-order chi connectivity index (χ1) is 15.5. The smallest absolute Gasteiger partial charge is 0.304 e. The van der Waals surface area contributed by atoms with E-state index in [1.54, 1.807) is 18.0 Å². The summed E-state index contributed by atoms with van der Waals surface area (Å²) in [6.45, 7) is 1.98. The molecule has 162 valence electrons. The summed E-state index contributed by atoms with van der Waals surface area (Å²) < 4.78 is 20.3. The maximum Gasteiger partial charge on any atom is 0.304 e. The molecular formula is C25H23FN3O3+. The second-order valence-corrected chi connectivity index (χ2v) is 7.57. The number of ether oxygens (including phenoxy) is 1. The third-order valence-electron chi connectivity index (χ3n) is 5.37. The first-order valence-electron chi connectivity index (χ1n) is 10.2. The minimum atomic E-state index is -0.860. The number of hydrazone groups is 1. The molecule has 0 unspecified atom stereocenters. The van der Waals surface area contributed by atoms with Gasteiger partial charge in [0.2, 0.25) is 12.3 Å². The highest BCUT2D eigenvalue weighted by atomic mass is 19.1. The molecule has 0 bridgehead atoms. The highest BCUT2D eigenvalue weighted by Crippen LogP contribution is 2.27. The summed E-state index contributed by atoms with van der Waals surface area (Å²) in [6.07, 6.45) is 1.78. The molecule has 4 rings (SSSR count). The van der Waals surface area contributed by atoms with Crippen molar-refractivity contribution in [2.75, 3.05) is 7.11 Å². The van der Waals surface area contributed by atoms with Gasteiger partial charge in [-0.2, -0.15) is 0 Å². The number of rotatable bonds is 5. The lowest BCUT2D eigenvalue weighted by atomic mass is 9.98. The van der Waals surface area contributed by atoms with Crippen LogP contribution in [0.5, 0.6) is 5.75 Å². The largest absolute Gasteiger partial charge is 0.496 e. The number of hydrazine groups is 1. The molecule has 0 spiro atoms. The van der Waals surface area contributed by atoms with Gasteiger partial charge < -0.3 is 10.1 Å². The van der Waals surface area contributed by atoms with Crippen molar-refractivity contribution in [1.29, 1.82) is 0 Å². The SMILES string of the molecule is COc1ccccc1/C=[N+]1\NC(=O)[C@@H](NC(=O)c2ccc(F)cc2)[C@@H]1c1ccc(C)cc1. The molecular weight excluding hydrogens is 409 g/mol. The lowest BCUT2D eigenvalue weighted by Crippen LogP contribution is -2.42. The minimum absolute atomic E-state index is 0.272. The van der Waals surface area contributed by atoms with E-state index in [1.165, 1.54) is 24.3 Å². The van der Waals surface area contributed by atoms with E-state index in [2.05, 4.69) is 10.7 Å². The van der Waals surface area contributed by atoms with Crippen LogP contribution in [0.15, 0.2) is 72.8 Å². The number of nitrogens with one attached hydrogen (secondary N) is 2. The number of nitrogens with zero attached hydrogens (tertiary/aromatic N) is 1. The standard InChI is InChI=1S/C25H22FN3O3/c1-16-7-9-17(10-8-16)23-22(27-24(30)18-11-13-20(26)14-12-18)25(31)28-29(23)15-19-5-3-4-6-21(19)32-2/h3-15,22-23H,1-2H3,(H-,27,28,30,31)/p+1/b29-15-/t22-,23-/m0/s1. The van der Waals surface area contributed by atoms with E-state index in [-0.39, 0.29) is 11.5 Å². The molecule has 3 aromatic carbocycles. The fourth-order valence-corrected chi connectivity index (χ4v) is 3.69. The average Bonchev–Trinajstić information content (AvgIpc) is 3.09. The molecule has 2 atom stereocenters. The normalized spacial score (nSPS) is 19.0. The van der Waals surface area contributed by atoms with Crippen molar-refractivity contribution >= 4 is 18.0 Å². The van der Waals surface area contributed by atoms with E-state index in [0.717, 1.165) is 16.7 Å². The highest BCUT2D eigenvalue weighted by Gasteiger charge is 2.47. The molecule has 1 fully saturated rings. The van der Waals surface area contributed by atoms with Gasteiger partial charge in [0, 0.05) is 11.1 Å². The number of para-hydroxylation sites is 1. The van der Waals surface area contributed by atoms with Crippen molar-refractivity contribution in [3.63, 3.8) is 0 Å². The highest BCUT2D eigenvalue weighted by molar-refractivity contribution is 5.98. The summed E-state index contributed by atoms with van der Waals surface area (Å²) in [4.78, 5) is 25.7. The lowest BCUT2D eigenvalue weighted by Gasteiger charge is -2.15. The van der Waals surface area contributed by atoms with Crippen LogP contribution in [0.4, 0.5) is 4.39 Å². The Hall–Kier alpha value is -4.00. The molecule has 0 aromatic heterocycles. The first-order valence-corrected chi connectivity index (χ1v) is 10.2. The molecule has 1 aliphatic rings. The maximum absolute atomic E-state index is 13.2. The lowest BCUT2D eigenvalue weighted by molar-refractivity contribution is -0.596. The zero-order chi connectivity index (χ0) is 22.7. The zero-order valence-electron chi connectivity index (χ0n) is 17.7. The Balaban J connectivity index is 1.72. The van der Waals surface area contributed by atoms with Crippen molar-refractivity contribution in [2.45, 2.75) is 19.0 Å². The maximum atomic E-state index is 13.2. The fraction of sp³-hybridized carbons (Fsp3) is 0.160. The van der Waals surface area contributed by atoms with Crippen LogP contribution in [0.25, 0.3) is 0 Å². The van der Waals surface area contributed by atoms with Crippen molar-refractivity contribution in [1.82, 2.24) is 10.7 Å². The van der Waals surface area contributed by atoms with Gasteiger partial charge in [-0.25, -0.2) is 4.39 Å². The van der Waals surface area contributed by atoms with E-state index in [0.29, 0.717) is 5.75 Å². The number of methoxy groups -OCH3 is 1. The molecule has 1 heterocycles. The van der Waals surface area contributed by atoms with Crippen LogP contribution in [0.1, 0.15) is 33.1 Å². The fourth-order valence-electron chi connectivity index (χ4n) is 3.69. The Morgan fingerprint density at radius 1 is 1.06 bits per heavy atom. The number of halogens is 1. The molecule has 0 aliphatic carbocycles. The zero-order valence-corrected chi connectivity index (χ0v) is 17.7. The molecule has 1 aliphatic heterocycles. The van der Waals surface area contributed by atoms with Gasteiger partial charge in [-0.1, -0.05) is 42.0 Å². The Labute approximate surface area is 185 Å². The van der Waals surface area contributed by atoms with Crippen LogP contribution < -0.4 is 15.5 Å². The quantitative estimate of drug-likeness (QED) is 0.609. The van der Waals surface area contributed by atoms with Crippen LogP contribution in [0, 0.1) is 12.7 Å². The first kappa shape index (κ1) is 21.2. The summed E-state index contributed by atoms with van der Waals surface area (Å²) in [5, 5.41) is 2.81. The Kier molecular flexibility index (Phi) is 5.98. The van der Waals surface area contributed by atoms with Crippen molar-refractivity contribution in [3.8, 4) is 5.75 Å². The van der Waals surface area contributed by atoms with Gasteiger partial charge >= 0.3 is 5.91 Å². The Bertz CT molecular complexity index is 1170. The number of amides is 2. The van der Waals surface area contributed by atoms with Crippen molar-refractivity contribution in [2.24, 2.45) is 0 Å². The van der Waals surface area contributed by atoms with Gasteiger partial charge in [0.15, 0.2) is 6.04 Å². The van der Waals surface area contributed by atoms with Gasteiger partial charge in [0.1, 0.15) is 11.6 Å². The average molecular weight is 432 g/mol. The molecule has 32 heavy (non-hydrogen) atoms. The predicted octanol–water partition coefficient (Wildman–Crippen LogP) is 3.16. The summed E-state index contributed by atoms with van der Waals surface area (Å²) in [6, 6.07) is 19.1. The van der Waals surface area contributed by atoms with Gasteiger partial charge in [-0.05, 0) is 43.3 Å². The van der Waals surface area contributed by atoms with Crippen LogP contribution >= 0.6 is 0 Å². The minimum Gasteiger partial charge on any atom is -0.496 e. The summed E-state index contributed by atoms with van der Waals surface area (Å²) >= 11 is 0. The van der Waals surface area contributed by atoms with E-state index in [4.69, 9.17) is 4.74 Å². The van der Waals surface area contributed by atoms with Gasteiger partial charge in [-0.15, -0.1) is 10.1 Å². The van der Waals surface area contributed by atoms with E-state index in [1.807, 2.05) is 55.5 Å². The van der Waals surface area contributed by atoms with Crippen LogP contribution in [-0.4, -0.2) is 35.9 Å². The third-order valence-corrected chi connectivity index (χ3v) is 5.37.